The van der Waals surface area contributed by atoms with Crippen molar-refractivity contribution in [1.29, 1.82) is 0 Å². The van der Waals surface area contributed by atoms with E-state index in [0.29, 0.717) is 5.11 Å². The van der Waals surface area contributed by atoms with Gasteiger partial charge in [0.25, 0.3) is 0 Å². The number of thiocarbonyl (C=S) groups is 1. The van der Waals surface area contributed by atoms with E-state index in [1.165, 1.54) is 11.1 Å². The molecule has 2 aromatic carbocycles. The minimum absolute atomic E-state index is 0.216. The molecular formula is C19H25N3OS. The average molecular weight is 343 g/mol. The summed E-state index contributed by atoms with van der Waals surface area (Å²) in [6, 6.07) is 16.5. The van der Waals surface area contributed by atoms with Crippen LogP contribution < -0.4 is 15.4 Å². The number of likely N-dealkylation sites (N-methyl/N-ethyl adjacent to an activating group) is 1. The maximum Gasteiger partial charge on any atom is 0.170 e. The number of ether oxygens (including phenoxy) is 1. The van der Waals surface area contributed by atoms with Gasteiger partial charge in [0.15, 0.2) is 5.11 Å². The predicted octanol–water partition coefficient (Wildman–Crippen LogP) is 3.59. The van der Waals surface area contributed by atoms with E-state index in [4.69, 9.17) is 17.0 Å². The Morgan fingerprint density at radius 1 is 1.08 bits per heavy atom. The van der Waals surface area contributed by atoms with Crippen molar-refractivity contribution in [2.75, 3.05) is 33.1 Å². The summed E-state index contributed by atoms with van der Waals surface area (Å²) < 4.78 is 5.22. The highest BCUT2D eigenvalue weighted by Gasteiger charge is 2.14. The molecule has 0 heterocycles. The number of hydrogen-bond acceptors (Lipinski definition) is 3. The molecule has 0 amide bonds. The molecule has 4 nitrogen and oxygen atoms in total. The molecule has 2 N–H and O–H groups in total. The standard InChI is InChI=1S/C19H25N3OS/c1-14-5-9-16(10-6-14)21-19(24)20-13-18(22(2)3)15-7-11-17(23-4)12-8-15/h5-12,18H,13H2,1-4H3,(H2,20,21,24)/t18-/m1/s1. The van der Waals surface area contributed by atoms with Crippen molar-refractivity contribution in [2.24, 2.45) is 0 Å². The fourth-order valence-electron chi connectivity index (χ4n) is 2.43. The summed E-state index contributed by atoms with van der Waals surface area (Å²) in [5.41, 5.74) is 3.43. The Kier molecular flexibility index (Phi) is 6.58. The highest BCUT2D eigenvalue weighted by molar-refractivity contribution is 7.80. The summed E-state index contributed by atoms with van der Waals surface area (Å²) in [7, 11) is 5.80. The van der Waals surface area contributed by atoms with Gasteiger partial charge < -0.3 is 20.3 Å². The molecule has 0 saturated heterocycles. The lowest BCUT2D eigenvalue weighted by atomic mass is 10.1. The van der Waals surface area contributed by atoms with E-state index in [2.05, 4.69) is 60.8 Å². The van der Waals surface area contributed by atoms with Crippen LogP contribution in [0.15, 0.2) is 48.5 Å². The largest absolute Gasteiger partial charge is 0.497 e. The van der Waals surface area contributed by atoms with Crippen molar-refractivity contribution < 1.29 is 4.74 Å². The van der Waals surface area contributed by atoms with Gasteiger partial charge in [-0.25, -0.2) is 0 Å². The van der Waals surface area contributed by atoms with Crippen LogP contribution >= 0.6 is 12.2 Å². The van der Waals surface area contributed by atoms with Crippen molar-refractivity contribution >= 4 is 23.0 Å². The van der Waals surface area contributed by atoms with Crippen molar-refractivity contribution in [1.82, 2.24) is 10.2 Å². The first-order valence-electron chi connectivity index (χ1n) is 7.91. The summed E-state index contributed by atoms with van der Waals surface area (Å²) in [6.07, 6.45) is 0. The molecule has 128 valence electrons. The summed E-state index contributed by atoms with van der Waals surface area (Å²) in [6.45, 7) is 2.79. The van der Waals surface area contributed by atoms with Gasteiger partial charge in [-0.05, 0) is 63.1 Å². The minimum atomic E-state index is 0.216. The Balaban J connectivity index is 1.95. The molecule has 0 spiro atoms. The maximum atomic E-state index is 5.40. The fourth-order valence-corrected chi connectivity index (χ4v) is 2.63. The van der Waals surface area contributed by atoms with Crippen molar-refractivity contribution in [2.45, 2.75) is 13.0 Å². The summed E-state index contributed by atoms with van der Waals surface area (Å²) in [5.74, 6) is 0.862. The molecule has 0 aliphatic rings. The normalized spacial score (nSPS) is 11.9. The topological polar surface area (TPSA) is 36.5 Å². The minimum Gasteiger partial charge on any atom is -0.497 e. The van der Waals surface area contributed by atoms with Gasteiger partial charge in [-0.2, -0.15) is 0 Å². The molecule has 0 aliphatic carbocycles. The van der Waals surface area contributed by atoms with Crippen LogP contribution in [-0.4, -0.2) is 37.8 Å². The summed E-state index contributed by atoms with van der Waals surface area (Å²) in [4.78, 5) is 2.17. The highest BCUT2D eigenvalue weighted by Crippen LogP contribution is 2.20. The molecule has 1 atom stereocenters. The van der Waals surface area contributed by atoms with Crippen molar-refractivity contribution in [3.05, 3.63) is 59.7 Å². The SMILES string of the molecule is COc1ccc([C@@H](CNC(=S)Nc2ccc(C)cc2)N(C)C)cc1. The van der Waals surface area contributed by atoms with E-state index >= 15 is 0 Å². The third kappa shape index (κ3) is 5.22. The Morgan fingerprint density at radius 3 is 2.25 bits per heavy atom. The molecular weight excluding hydrogens is 318 g/mol. The second-order valence-electron chi connectivity index (χ2n) is 5.95. The Labute approximate surface area is 149 Å². The lowest BCUT2D eigenvalue weighted by Gasteiger charge is -2.26. The molecule has 0 fully saturated rings. The van der Waals surface area contributed by atoms with Gasteiger partial charge in [-0.1, -0.05) is 29.8 Å². The Hall–Kier alpha value is -2.11. The van der Waals surface area contributed by atoms with Gasteiger partial charge in [0.2, 0.25) is 0 Å². The number of methoxy groups -OCH3 is 1. The zero-order valence-electron chi connectivity index (χ0n) is 14.7. The molecule has 0 bridgehead atoms. The van der Waals surface area contributed by atoms with Gasteiger partial charge in [0.1, 0.15) is 5.75 Å². The molecule has 0 saturated carbocycles. The number of anilines is 1. The molecule has 0 radical (unpaired) electrons. The number of nitrogens with zero attached hydrogens (tertiary/aromatic N) is 1. The summed E-state index contributed by atoms with van der Waals surface area (Å²) >= 11 is 5.40. The molecule has 24 heavy (non-hydrogen) atoms. The first-order valence-corrected chi connectivity index (χ1v) is 8.32. The van der Waals surface area contributed by atoms with Crippen LogP contribution in [0.25, 0.3) is 0 Å². The Bertz CT molecular complexity index is 653. The fraction of sp³-hybridized carbons (Fsp3) is 0.316. The van der Waals surface area contributed by atoms with E-state index in [1.807, 2.05) is 24.3 Å². The van der Waals surface area contributed by atoms with Crippen LogP contribution in [0.1, 0.15) is 17.2 Å². The van der Waals surface area contributed by atoms with E-state index in [0.717, 1.165) is 18.0 Å². The van der Waals surface area contributed by atoms with E-state index in [-0.39, 0.29) is 6.04 Å². The van der Waals surface area contributed by atoms with Gasteiger partial charge in [0.05, 0.1) is 13.2 Å². The van der Waals surface area contributed by atoms with Crippen LogP contribution in [0.5, 0.6) is 5.75 Å². The van der Waals surface area contributed by atoms with Crippen LogP contribution in [0.2, 0.25) is 0 Å². The molecule has 0 aromatic heterocycles. The average Bonchev–Trinajstić information content (AvgIpc) is 2.57. The first-order chi connectivity index (χ1) is 11.5. The van der Waals surface area contributed by atoms with Crippen molar-refractivity contribution in [3.8, 4) is 5.75 Å². The first kappa shape index (κ1) is 18.2. The molecule has 5 heteroatoms. The van der Waals surface area contributed by atoms with Crippen LogP contribution in [0.4, 0.5) is 5.69 Å². The second kappa shape index (κ2) is 8.66. The van der Waals surface area contributed by atoms with Crippen LogP contribution in [-0.2, 0) is 0 Å². The molecule has 2 aromatic rings. The molecule has 0 unspecified atom stereocenters. The van der Waals surface area contributed by atoms with Gasteiger partial charge in [0, 0.05) is 12.2 Å². The maximum absolute atomic E-state index is 5.40. The van der Waals surface area contributed by atoms with E-state index in [1.54, 1.807) is 7.11 Å². The van der Waals surface area contributed by atoms with Gasteiger partial charge in [-0.15, -0.1) is 0 Å². The predicted molar refractivity (Wildman–Crippen MR) is 105 cm³/mol. The quantitative estimate of drug-likeness (QED) is 0.784. The molecule has 2 rings (SSSR count). The van der Waals surface area contributed by atoms with Crippen LogP contribution in [0.3, 0.4) is 0 Å². The second-order valence-corrected chi connectivity index (χ2v) is 6.36. The van der Waals surface area contributed by atoms with E-state index in [9.17, 15) is 0 Å². The highest BCUT2D eigenvalue weighted by atomic mass is 32.1. The zero-order valence-corrected chi connectivity index (χ0v) is 15.5. The number of aryl methyl sites for hydroxylation is 1. The number of benzene rings is 2. The number of rotatable bonds is 6. The monoisotopic (exact) mass is 343 g/mol. The van der Waals surface area contributed by atoms with Crippen LogP contribution in [0, 0.1) is 6.92 Å². The lowest BCUT2D eigenvalue weighted by molar-refractivity contribution is 0.299. The number of hydrogen-bond donors (Lipinski definition) is 2. The van der Waals surface area contributed by atoms with Gasteiger partial charge in [-0.3, -0.25) is 0 Å². The number of nitrogens with one attached hydrogen (secondary N) is 2. The zero-order chi connectivity index (χ0) is 17.5. The lowest BCUT2D eigenvalue weighted by Crippen LogP contribution is -2.36. The Morgan fingerprint density at radius 2 is 1.71 bits per heavy atom. The molecule has 0 aliphatic heterocycles. The van der Waals surface area contributed by atoms with Crippen molar-refractivity contribution in [3.63, 3.8) is 0 Å². The summed E-state index contributed by atoms with van der Waals surface area (Å²) in [5, 5.41) is 7.14. The third-order valence-corrected chi connectivity index (χ3v) is 4.14. The smallest absolute Gasteiger partial charge is 0.170 e. The third-order valence-electron chi connectivity index (χ3n) is 3.89. The van der Waals surface area contributed by atoms with Gasteiger partial charge >= 0.3 is 0 Å². The van der Waals surface area contributed by atoms with E-state index < -0.39 is 0 Å².